The fourth-order valence-electron chi connectivity index (χ4n) is 2.71. The van der Waals surface area contributed by atoms with Gasteiger partial charge in [0.1, 0.15) is 0 Å². The maximum absolute atomic E-state index is 12.2. The lowest BCUT2D eigenvalue weighted by molar-refractivity contribution is -0.394. The van der Waals surface area contributed by atoms with E-state index < -0.39 is 27.1 Å². The molecule has 0 aliphatic heterocycles. The first-order chi connectivity index (χ1) is 16.2. The van der Waals surface area contributed by atoms with Crippen molar-refractivity contribution in [1.29, 1.82) is 0 Å². The Morgan fingerprint density at radius 1 is 0.971 bits per heavy atom. The third kappa shape index (κ3) is 5.77. The second-order valence-electron chi connectivity index (χ2n) is 6.50. The lowest BCUT2D eigenvalue weighted by Gasteiger charge is -2.11. The lowest BCUT2D eigenvalue weighted by Crippen LogP contribution is -2.18. The van der Waals surface area contributed by atoms with Crippen molar-refractivity contribution in [2.45, 2.75) is 0 Å². The van der Waals surface area contributed by atoms with E-state index in [-0.39, 0.29) is 27.8 Å². The minimum absolute atomic E-state index is 0.119. The minimum Gasteiger partial charge on any atom is -0.493 e. The number of nitro groups is 2. The Balaban J connectivity index is 1.78. The second-order valence-corrected chi connectivity index (χ2v) is 7.35. The van der Waals surface area contributed by atoms with Crippen LogP contribution in [0.5, 0.6) is 17.2 Å². The Kier molecular flexibility index (Phi) is 7.61. The van der Waals surface area contributed by atoms with Crippen molar-refractivity contribution >= 4 is 46.7 Å². The maximum atomic E-state index is 12.2. The van der Waals surface area contributed by atoms with Crippen LogP contribution in [0.3, 0.4) is 0 Å². The number of nitrogens with one attached hydrogen (secondary N) is 1. The number of ether oxygens (including phenoxy) is 2. The average Bonchev–Trinajstić information content (AvgIpc) is 2.79. The number of carbonyl (C=O) groups is 1. The third-order valence-electron chi connectivity index (χ3n) is 4.31. The molecule has 34 heavy (non-hydrogen) atoms. The monoisotopic (exact) mass is 504 g/mol. The molecule has 3 aromatic carbocycles. The van der Waals surface area contributed by atoms with E-state index in [1.54, 1.807) is 6.07 Å². The van der Waals surface area contributed by atoms with Gasteiger partial charge in [-0.15, -0.1) is 0 Å². The molecule has 0 bridgehead atoms. The summed E-state index contributed by atoms with van der Waals surface area (Å²) in [6.45, 7) is 0. The van der Waals surface area contributed by atoms with E-state index in [0.717, 1.165) is 18.2 Å². The van der Waals surface area contributed by atoms with Gasteiger partial charge in [-0.25, -0.2) is 5.43 Å². The van der Waals surface area contributed by atoms with Gasteiger partial charge in [-0.05, 0) is 48.0 Å². The highest BCUT2D eigenvalue weighted by Gasteiger charge is 2.22. The average molecular weight is 505 g/mol. The Bertz CT molecular complexity index is 1310. The number of hydrogen-bond donors (Lipinski definition) is 1. The highest BCUT2D eigenvalue weighted by molar-refractivity contribution is 6.36. The number of amides is 1. The fraction of sp³-hybridized carbons (Fsp3) is 0.0476. The van der Waals surface area contributed by atoms with Gasteiger partial charge in [-0.3, -0.25) is 25.0 Å². The predicted octanol–water partition coefficient (Wildman–Crippen LogP) is 5.37. The van der Waals surface area contributed by atoms with Gasteiger partial charge in [0, 0.05) is 11.1 Å². The third-order valence-corrected chi connectivity index (χ3v) is 4.86. The summed E-state index contributed by atoms with van der Waals surface area (Å²) in [5, 5.41) is 26.6. The number of carbonyl (C=O) groups excluding carboxylic acids is 1. The number of benzene rings is 3. The van der Waals surface area contributed by atoms with Crippen molar-refractivity contribution in [3.8, 4) is 17.2 Å². The van der Waals surface area contributed by atoms with E-state index in [1.165, 1.54) is 43.7 Å². The van der Waals surface area contributed by atoms with Gasteiger partial charge in [-0.1, -0.05) is 23.2 Å². The maximum Gasteiger partial charge on any atom is 0.318 e. The molecule has 0 saturated heterocycles. The SMILES string of the molecule is COc1cc(/C=N/NC(=O)c2ccc(Cl)cc2Cl)ccc1Oc1ccc([N+](=O)[O-])cc1[N+](=O)[O-]. The molecule has 0 fully saturated rings. The number of hydrogen-bond acceptors (Lipinski definition) is 8. The zero-order valence-electron chi connectivity index (χ0n) is 17.2. The van der Waals surface area contributed by atoms with Gasteiger partial charge < -0.3 is 9.47 Å². The highest BCUT2D eigenvalue weighted by Crippen LogP contribution is 2.38. The molecular formula is C21H14Cl2N4O7. The topological polar surface area (TPSA) is 146 Å². The quantitative estimate of drug-likeness (QED) is 0.246. The van der Waals surface area contributed by atoms with Crippen LogP contribution >= 0.6 is 23.2 Å². The molecule has 0 aliphatic rings. The van der Waals surface area contributed by atoms with Crippen LogP contribution in [0.15, 0.2) is 59.7 Å². The van der Waals surface area contributed by atoms with Crippen LogP contribution in [-0.4, -0.2) is 29.1 Å². The molecule has 1 N–H and O–H groups in total. The number of nitrogens with zero attached hydrogens (tertiary/aromatic N) is 3. The van der Waals surface area contributed by atoms with Gasteiger partial charge in [0.15, 0.2) is 11.5 Å². The number of rotatable bonds is 8. The molecule has 0 heterocycles. The van der Waals surface area contributed by atoms with Crippen LogP contribution < -0.4 is 14.9 Å². The molecule has 0 spiro atoms. The van der Waals surface area contributed by atoms with E-state index in [9.17, 15) is 25.0 Å². The van der Waals surface area contributed by atoms with Gasteiger partial charge in [0.25, 0.3) is 11.6 Å². The zero-order valence-corrected chi connectivity index (χ0v) is 18.7. The van der Waals surface area contributed by atoms with E-state index in [1.807, 2.05) is 0 Å². The number of halogens is 2. The van der Waals surface area contributed by atoms with Crippen LogP contribution in [0.2, 0.25) is 10.0 Å². The van der Waals surface area contributed by atoms with Gasteiger partial charge in [0.05, 0.1) is 39.8 Å². The summed E-state index contributed by atoms with van der Waals surface area (Å²) >= 11 is 11.8. The molecule has 13 heteroatoms. The summed E-state index contributed by atoms with van der Waals surface area (Å²) in [7, 11) is 1.36. The van der Waals surface area contributed by atoms with Crippen LogP contribution in [-0.2, 0) is 0 Å². The Morgan fingerprint density at radius 3 is 2.35 bits per heavy atom. The smallest absolute Gasteiger partial charge is 0.318 e. The van der Waals surface area contributed by atoms with Crippen LogP contribution in [0, 0.1) is 20.2 Å². The molecular weight excluding hydrogens is 491 g/mol. The summed E-state index contributed by atoms with van der Waals surface area (Å²) in [5.41, 5.74) is 2.01. The van der Waals surface area contributed by atoms with E-state index >= 15 is 0 Å². The van der Waals surface area contributed by atoms with E-state index in [4.69, 9.17) is 32.7 Å². The number of non-ortho nitro benzene ring substituents is 1. The Labute approximate surface area is 201 Å². The fourth-order valence-corrected chi connectivity index (χ4v) is 3.21. The largest absolute Gasteiger partial charge is 0.493 e. The molecule has 11 nitrogen and oxygen atoms in total. The number of nitro benzene ring substituents is 2. The zero-order chi connectivity index (χ0) is 24.8. The van der Waals surface area contributed by atoms with Gasteiger partial charge in [0.2, 0.25) is 5.75 Å². The van der Waals surface area contributed by atoms with Crippen molar-refractivity contribution in [3.63, 3.8) is 0 Å². The van der Waals surface area contributed by atoms with Crippen molar-refractivity contribution in [2.75, 3.05) is 7.11 Å². The molecule has 0 radical (unpaired) electrons. The number of hydrazone groups is 1. The first kappa shape index (κ1) is 24.4. The summed E-state index contributed by atoms with van der Waals surface area (Å²) in [6.07, 6.45) is 1.34. The van der Waals surface area contributed by atoms with Gasteiger partial charge in [-0.2, -0.15) is 5.10 Å². The standard InChI is InChI=1S/C21H14Cl2N4O7/c1-33-20-8-12(11-24-25-21(28)15-5-3-13(22)9-16(15)23)2-6-19(20)34-18-7-4-14(26(29)30)10-17(18)27(31)32/h2-11H,1H3,(H,25,28)/b24-11+. The Hall–Kier alpha value is -4.22. The molecule has 0 unspecified atom stereocenters. The lowest BCUT2D eigenvalue weighted by atomic mass is 10.2. The molecule has 3 rings (SSSR count). The van der Waals surface area contributed by atoms with Crippen LogP contribution in [0.25, 0.3) is 0 Å². The first-order valence-electron chi connectivity index (χ1n) is 9.26. The molecule has 0 aliphatic carbocycles. The minimum atomic E-state index is -0.786. The molecule has 174 valence electrons. The second kappa shape index (κ2) is 10.6. The molecule has 0 atom stereocenters. The van der Waals surface area contributed by atoms with Crippen molar-refractivity contribution in [2.24, 2.45) is 5.10 Å². The first-order valence-corrected chi connectivity index (χ1v) is 10.0. The van der Waals surface area contributed by atoms with Crippen molar-refractivity contribution in [1.82, 2.24) is 5.43 Å². The summed E-state index contributed by atoms with van der Waals surface area (Å²) in [5.74, 6) is -0.435. The van der Waals surface area contributed by atoms with E-state index in [2.05, 4.69) is 10.5 Å². The summed E-state index contributed by atoms with van der Waals surface area (Å²) in [4.78, 5) is 32.9. The molecule has 0 aromatic heterocycles. The van der Waals surface area contributed by atoms with E-state index in [0.29, 0.717) is 10.6 Å². The molecule has 3 aromatic rings. The van der Waals surface area contributed by atoms with Crippen molar-refractivity contribution < 1.29 is 24.1 Å². The summed E-state index contributed by atoms with van der Waals surface area (Å²) in [6, 6.07) is 12.0. The molecule has 0 saturated carbocycles. The van der Waals surface area contributed by atoms with Crippen LogP contribution in [0.4, 0.5) is 11.4 Å². The Morgan fingerprint density at radius 2 is 1.71 bits per heavy atom. The van der Waals surface area contributed by atoms with Crippen LogP contribution in [0.1, 0.15) is 15.9 Å². The molecule has 1 amide bonds. The summed E-state index contributed by atoms with van der Waals surface area (Å²) < 4.78 is 10.8. The van der Waals surface area contributed by atoms with Gasteiger partial charge >= 0.3 is 5.69 Å². The number of methoxy groups -OCH3 is 1. The van der Waals surface area contributed by atoms with Crippen molar-refractivity contribution in [3.05, 3.63) is 96.0 Å². The normalized spacial score (nSPS) is 10.7. The predicted molar refractivity (Wildman–Crippen MR) is 124 cm³/mol. The highest BCUT2D eigenvalue weighted by atomic mass is 35.5.